The fourth-order valence-corrected chi connectivity index (χ4v) is 1.50. The van der Waals surface area contributed by atoms with Gasteiger partial charge in [-0.2, -0.15) is 0 Å². The third-order valence-corrected chi connectivity index (χ3v) is 2.41. The van der Waals surface area contributed by atoms with Gasteiger partial charge in [0.15, 0.2) is 17.3 Å². The summed E-state index contributed by atoms with van der Waals surface area (Å²) in [5.41, 5.74) is -0.547. The van der Waals surface area contributed by atoms with Crippen LogP contribution in [0.2, 0.25) is 0 Å². The van der Waals surface area contributed by atoms with Crippen molar-refractivity contribution >= 4 is 11.7 Å². The zero-order valence-electron chi connectivity index (χ0n) is 9.98. The molecule has 2 N–H and O–H groups in total. The molecule has 0 amide bonds. The molecule has 1 aromatic heterocycles. The van der Waals surface area contributed by atoms with Crippen molar-refractivity contribution in [2.75, 3.05) is 11.9 Å². The Balaban J connectivity index is 1.97. The molecule has 6 nitrogen and oxygen atoms in total. The van der Waals surface area contributed by atoms with Crippen molar-refractivity contribution < 1.29 is 23.1 Å². The van der Waals surface area contributed by atoms with Crippen LogP contribution in [0.15, 0.2) is 18.3 Å². The van der Waals surface area contributed by atoms with Crippen molar-refractivity contribution in [2.24, 2.45) is 0 Å². The van der Waals surface area contributed by atoms with E-state index in [4.69, 9.17) is 5.11 Å². The Hall–Kier alpha value is -2.58. The second-order valence-corrected chi connectivity index (χ2v) is 3.85. The van der Waals surface area contributed by atoms with Gasteiger partial charge in [0.2, 0.25) is 0 Å². The van der Waals surface area contributed by atoms with Gasteiger partial charge in [-0.1, -0.05) is 5.21 Å². The van der Waals surface area contributed by atoms with Gasteiger partial charge in [0.05, 0.1) is 18.4 Å². The molecule has 0 aliphatic rings. The third kappa shape index (κ3) is 3.05. The van der Waals surface area contributed by atoms with E-state index >= 15 is 0 Å². The van der Waals surface area contributed by atoms with Crippen LogP contribution in [-0.4, -0.2) is 32.6 Å². The number of hydrogen-bond acceptors (Lipinski definition) is 4. The highest BCUT2D eigenvalue weighted by Crippen LogP contribution is 2.18. The average Bonchev–Trinajstić information content (AvgIpc) is 2.84. The Kier molecular flexibility index (Phi) is 3.87. The number of carboxylic acids is 1. The molecule has 0 radical (unpaired) electrons. The van der Waals surface area contributed by atoms with E-state index in [0.29, 0.717) is 6.07 Å². The van der Waals surface area contributed by atoms with Crippen LogP contribution in [0.25, 0.3) is 0 Å². The lowest BCUT2D eigenvalue weighted by Crippen LogP contribution is -2.12. The first-order valence-corrected chi connectivity index (χ1v) is 5.49. The van der Waals surface area contributed by atoms with Crippen LogP contribution in [0.1, 0.15) is 10.5 Å². The van der Waals surface area contributed by atoms with Crippen LogP contribution in [-0.2, 0) is 6.54 Å². The molecule has 2 rings (SSSR count). The van der Waals surface area contributed by atoms with Gasteiger partial charge in [0.25, 0.3) is 0 Å². The van der Waals surface area contributed by atoms with E-state index in [2.05, 4.69) is 15.6 Å². The van der Waals surface area contributed by atoms with Gasteiger partial charge in [0, 0.05) is 18.7 Å². The monoisotopic (exact) mass is 286 g/mol. The predicted molar refractivity (Wildman–Crippen MR) is 61.8 cm³/mol. The zero-order chi connectivity index (χ0) is 14.7. The molecule has 0 saturated heterocycles. The molecule has 0 spiro atoms. The van der Waals surface area contributed by atoms with Gasteiger partial charge >= 0.3 is 5.97 Å². The fourth-order valence-electron chi connectivity index (χ4n) is 1.50. The van der Waals surface area contributed by atoms with Crippen molar-refractivity contribution in [3.05, 3.63) is 41.5 Å². The third-order valence-electron chi connectivity index (χ3n) is 2.41. The SMILES string of the molecule is O=C(O)c1cn(CCNc2cc(F)cc(F)c2F)nn1. The van der Waals surface area contributed by atoms with Gasteiger partial charge in [-0.3, -0.25) is 0 Å². The largest absolute Gasteiger partial charge is 0.476 e. The lowest BCUT2D eigenvalue weighted by molar-refractivity contribution is 0.0690. The standard InChI is InChI=1S/C11H9F3N4O2/c12-6-3-7(13)10(14)8(4-6)15-1-2-18-5-9(11(19)20)16-17-18/h3-5,15H,1-2H2,(H,19,20). The van der Waals surface area contributed by atoms with Crippen molar-refractivity contribution in [3.8, 4) is 0 Å². The summed E-state index contributed by atoms with van der Waals surface area (Å²) in [5.74, 6) is -4.60. The number of nitrogens with zero attached hydrogens (tertiary/aromatic N) is 3. The van der Waals surface area contributed by atoms with Crippen molar-refractivity contribution in [3.63, 3.8) is 0 Å². The molecule has 0 aliphatic carbocycles. The molecule has 0 fully saturated rings. The van der Waals surface area contributed by atoms with Gasteiger partial charge in [0.1, 0.15) is 5.82 Å². The Labute approximate surface area is 110 Å². The number of rotatable bonds is 5. The molecule has 1 aromatic carbocycles. The number of halogens is 3. The van der Waals surface area contributed by atoms with E-state index in [9.17, 15) is 18.0 Å². The van der Waals surface area contributed by atoms with Crippen LogP contribution < -0.4 is 5.32 Å². The van der Waals surface area contributed by atoms with Crippen LogP contribution in [0.4, 0.5) is 18.9 Å². The Morgan fingerprint density at radius 3 is 2.75 bits per heavy atom. The smallest absolute Gasteiger partial charge is 0.358 e. The molecule has 1 heterocycles. The molecule has 0 saturated carbocycles. The molecule has 9 heteroatoms. The van der Waals surface area contributed by atoms with E-state index in [-0.39, 0.29) is 24.5 Å². The van der Waals surface area contributed by atoms with E-state index in [1.807, 2.05) is 0 Å². The quantitative estimate of drug-likeness (QED) is 0.814. The van der Waals surface area contributed by atoms with Gasteiger partial charge < -0.3 is 10.4 Å². The number of hydrogen-bond donors (Lipinski definition) is 2. The second kappa shape index (κ2) is 5.59. The van der Waals surface area contributed by atoms with Gasteiger partial charge in [-0.15, -0.1) is 5.10 Å². The van der Waals surface area contributed by atoms with Gasteiger partial charge in [-0.25, -0.2) is 22.6 Å². The zero-order valence-corrected chi connectivity index (χ0v) is 9.98. The van der Waals surface area contributed by atoms with Crippen LogP contribution in [0.5, 0.6) is 0 Å². The molecular weight excluding hydrogens is 277 g/mol. The molecule has 106 valence electrons. The molecule has 20 heavy (non-hydrogen) atoms. The van der Waals surface area contributed by atoms with Crippen LogP contribution in [0.3, 0.4) is 0 Å². The van der Waals surface area contributed by atoms with E-state index < -0.39 is 23.4 Å². The first kappa shape index (κ1) is 13.8. The maximum Gasteiger partial charge on any atom is 0.358 e. The van der Waals surface area contributed by atoms with E-state index in [0.717, 1.165) is 6.07 Å². The maximum absolute atomic E-state index is 13.3. The highest BCUT2D eigenvalue weighted by Gasteiger charge is 2.11. The van der Waals surface area contributed by atoms with Crippen LogP contribution >= 0.6 is 0 Å². The summed E-state index contributed by atoms with van der Waals surface area (Å²) in [7, 11) is 0. The minimum absolute atomic E-state index is 0.0855. The summed E-state index contributed by atoms with van der Waals surface area (Å²) >= 11 is 0. The number of aromatic nitrogens is 3. The lowest BCUT2D eigenvalue weighted by Gasteiger charge is -2.08. The lowest BCUT2D eigenvalue weighted by atomic mass is 10.3. The number of carbonyl (C=O) groups is 1. The highest BCUT2D eigenvalue weighted by atomic mass is 19.2. The number of benzene rings is 1. The Morgan fingerprint density at radius 2 is 2.10 bits per heavy atom. The summed E-state index contributed by atoms with van der Waals surface area (Å²) in [4.78, 5) is 10.6. The molecule has 2 aromatic rings. The molecular formula is C11H9F3N4O2. The topological polar surface area (TPSA) is 80.0 Å². The summed E-state index contributed by atoms with van der Waals surface area (Å²) in [6, 6.07) is 1.26. The molecule has 0 bridgehead atoms. The summed E-state index contributed by atoms with van der Waals surface area (Å²) < 4.78 is 40.4. The van der Waals surface area contributed by atoms with Crippen LogP contribution in [0, 0.1) is 17.5 Å². The highest BCUT2D eigenvalue weighted by molar-refractivity contribution is 5.84. The maximum atomic E-state index is 13.3. The molecule has 0 atom stereocenters. The number of carboxylic acid groups (broad SMARTS) is 1. The van der Waals surface area contributed by atoms with Crippen molar-refractivity contribution in [1.29, 1.82) is 0 Å². The summed E-state index contributed by atoms with van der Waals surface area (Å²) in [6.45, 7) is 0.236. The summed E-state index contributed by atoms with van der Waals surface area (Å²) in [5, 5.41) is 18.0. The minimum atomic E-state index is -1.29. The molecule has 0 aliphatic heterocycles. The van der Waals surface area contributed by atoms with E-state index in [1.54, 1.807) is 0 Å². The van der Waals surface area contributed by atoms with Crippen molar-refractivity contribution in [1.82, 2.24) is 15.0 Å². The minimum Gasteiger partial charge on any atom is -0.476 e. The first-order chi connectivity index (χ1) is 9.47. The number of aromatic carboxylic acids is 1. The number of anilines is 1. The number of nitrogens with one attached hydrogen (secondary N) is 1. The molecule has 0 unspecified atom stereocenters. The Bertz CT molecular complexity index is 645. The second-order valence-electron chi connectivity index (χ2n) is 3.85. The predicted octanol–water partition coefficient (Wildman–Crippen LogP) is 1.51. The Morgan fingerprint density at radius 1 is 1.35 bits per heavy atom. The van der Waals surface area contributed by atoms with Gasteiger partial charge in [-0.05, 0) is 0 Å². The normalized spacial score (nSPS) is 10.6. The summed E-state index contributed by atoms with van der Waals surface area (Å²) in [6.07, 6.45) is 1.19. The average molecular weight is 286 g/mol. The first-order valence-electron chi connectivity index (χ1n) is 5.49. The van der Waals surface area contributed by atoms with E-state index in [1.165, 1.54) is 10.9 Å². The fraction of sp³-hybridized carbons (Fsp3) is 0.182. The van der Waals surface area contributed by atoms with Crippen molar-refractivity contribution in [2.45, 2.75) is 6.54 Å².